The molecule has 0 amide bonds. The van der Waals surface area contributed by atoms with Crippen molar-refractivity contribution in [2.45, 2.75) is 27.4 Å². The van der Waals surface area contributed by atoms with E-state index in [1.807, 2.05) is 74.5 Å². The summed E-state index contributed by atoms with van der Waals surface area (Å²) >= 11 is 0. The second kappa shape index (κ2) is 7.78. The van der Waals surface area contributed by atoms with Gasteiger partial charge in [-0.3, -0.25) is 9.59 Å². The van der Waals surface area contributed by atoms with Crippen molar-refractivity contribution in [3.05, 3.63) is 71.8 Å². The number of carbonyl (C=O) groups is 2. The van der Waals surface area contributed by atoms with Crippen molar-refractivity contribution in [3.8, 4) is 11.5 Å². The highest BCUT2D eigenvalue weighted by Crippen LogP contribution is 2.59. The molecule has 4 nitrogen and oxygen atoms in total. The van der Waals surface area contributed by atoms with Gasteiger partial charge < -0.3 is 9.47 Å². The van der Waals surface area contributed by atoms with Crippen molar-refractivity contribution in [3.63, 3.8) is 0 Å². The van der Waals surface area contributed by atoms with Gasteiger partial charge in [0.05, 0.1) is 5.92 Å². The quantitative estimate of drug-likeness (QED) is 0.397. The summed E-state index contributed by atoms with van der Waals surface area (Å²) in [4.78, 5) is 23.3. The van der Waals surface area contributed by atoms with E-state index in [2.05, 4.69) is 0 Å². The zero-order valence-electron chi connectivity index (χ0n) is 15.8. The summed E-state index contributed by atoms with van der Waals surface area (Å²) < 4.78 is 11.3. The van der Waals surface area contributed by atoms with Gasteiger partial charge in [-0.25, -0.2) is 0 Å². The smallest absolute Gasteiger partial charge is 0.310 e. The molecule has 1 aliphatic rings. The van der Waals surface area contributed by atoms with E-state index in [9.17, 15) is 9.59 Å². The van der Waals surface area contributed by atoms with Gasteiger partial charge >= 0.3 is 5.97 Å². The minimum Gasteiger partial charge on any atom is -0.461 e. The Morgan fingerprint density at radius 2 is 1.78 bits per heavy atom. The van der Waals surface area contributed by atoms with Crippen molar-refractivity contribution in [1.82, 2.24) is 0 Å². The lowest BCUT2D eigenvalue weighted by Gasteiger charge is -2.09. The van der Waals surface area contributed by atoms with Gasteiger partial charge in [0.25, 0.3) is 0 Å². The van der Waals surface area contributed by atoms with E-state index in [0.29, 0.717) is 11.3 Å². The average molecular weight is 364 g/mol. The summed E-state index contributed by atoms with van der Waals surface area (Å²) in [6, 6.07) is 17.0. The highest BCUT2D eigenvalue weighted by Gasteiger charge is 2.61. The Morgan fingerprint density at radius 3 is 2.48 bits per heavy atom. The van der Waals surface area contributed by atoms with Crippen LogP contribution in [0, 0.1) is 17.3 Å². The van der Waals surface area contributed by atoms with Crippen LogP contribution in [0.5, 0.6) is 11.5 Å². The Morgan fingerprint density at radius 1 is 1.07 bits per heavy atom. The molecular formula is C23H24O4. The molecule has 0 spiro atoms. The summed E-state index contributed by atoms with van der Waals surface area (Å²) in [5.74, 6) is 1.06. The molecule has 2 aromatic rings. The maximum Gasteiger partial charge on any atom is 0.310 e. The first-order valence-electron chi connectivity index (χ1n) is 9.04. The monoisotopic (exact) mass is 364 g/mol. The van der Waals surface area contributed by atoms with E-state index in [0.717, 1.165) is 17.6 Å². The molecular weight excluding hydrogens is 340 g/mol. The fraction of sp³-hybridized carbons (Fsp3) is 0.304. The van der Waals surface area contributed by atoms with Crippen LogP contribution in [0.3, 0.4) is 0 Å². The molecule has 4 heteroatoms. The zero-order chi connectivity index (χ0) is 19.4. The lowest BCUT2D eigenvalue weighted by atomic mass is 10.1. The first-order chi connectivity index (χ1) is 12.9. The molecule has 0 radical (unpaired) electrons. The number of rotatable bonds is 7. The van der Waals surface area contributed by atoms with Crippen LogP contribution in [0.2, 0.25) is 0 Å². The maximum atomic E-state index is 12.5. The Balaban J connectivity index is 1.60. The van der Waals surface area contributed by atoms with E-state index in [1.165, 1.54) is 0 Å². The first kappa shape index (κ1) is 18.9. The normalized spacial score (nSPS) is 20.6. The third kappa shape index (κ3) is 4.45. The summed E-state index contributed by atoms with van der Waals surface area (Å²) in [6.45, 7) is 5.99. The van der Waals surface area contributed by atoms with Crippen LogP contribution in [0.1, 0.15) is 26.3 Å². The second-order valence-electron chi connectivity index (χ2n) is 7.52. The predicted molar refractivity (Wildman–Crippen MR) is 103 cm³/mol. The molecule has 1 aliphatic carbocycles. The molecule has 0 heterocycles. The molecule has 2 unspecified atom stereocenters. The average Bonchev–Trinajstić information content (AvgIpc) is 3.20. The number of hydrogen-bond acceptors (Lipinski definition) is 4. The van der Waals surface area contributed by atoms with E-state index >= 15 is 0 Å². The van der Waals surface area contributed by atoms with Crippen LogP contribution in [0.4, 0.5) is 0 Å². The molecule has 0 bridgehead atoms. The highest BCUT2D eigenvalue weighted by atomic mass is 16.5. The van der Waals surface area contributed by atoms with Crippen molar-refractivity contribution >= 4 is 12.3 Å². The van der Waals surface area contributed by atoms with E-state index < -0.39 is 0 Å². The van der Waals surface area contributed by atoms with Crippen LogP contribution < -0.4 is 4.74 Å². The van der Waals surface area contributed by atoms with Gasteiger partial charge in [0.15, 0.2) is 0 Å². The number of esters is 1. The largest absolute Gasteiger partial charge is 0.461 e. The molecule has 1 fully saturated rings. The number of benzene rings is 2. The summed E-state index contributed by atoms with van der Waals surface area (Å²) in [7, 11) is 0. The lowest BCUT2D eigenvalue weighted by molar-refractivity contribution is -0.147. The van der Waals surface area contributed by atoms with Crippen molar-refractivity contribution in [1.29, 1.82) is 0 Å². The van der Waals surface area contributed by atoms with E-state index in [-0.39, 0.29) is 29.8 Å². The van der Waals surface area contributed by atoms with Crippen LogP contribution >= 0.6 is 0 Å². The molecule has 0 N–H and O–H groups in total. The first-order valence-corrected chi connectivity index (χ1v) is 9.04. The van der Waals surface area contributed by atoms with Crippen molar-refractivity contribution in [2.24, 2.45) is 17.3 Å². The SMILES string of the molecule is C/C(C=O)=C/C1C(C(=O)OCc2cccc(Oc3ccccc3)c2)C1(C)C. The lowest BCUT2D eigenvalue weighted by Crippen LogP contribution is -2.10. The Hall–Kier alpha value is -2.88. The highest BCUT2D eigenvalue weighted by molar-refractivity contribution is 5.79. The molecule has 2 aromatic carbocycles. The zero-order valence-corrected chi connectivity index (χ0v) is 15.8. The van der Waals surface area contributed by atoms with Gasteiger partial charge in [-0.1, -0.05) is 50.3 Å². The number of aldehydes is 1. The van der Waals surface area contributed by atoms with Gasteiger partial charge in [-0.15, -0.1) is 0 Å². The number of allylic oxidation sites excluding steroid dienone is 2. The van der Waals surface area contributed by atoms with E-state index in [4.69, 9.17) is 9.47 Å². The Bertz CT molecular complexity index is 852. The van der Waals surface area contributed by atoms with Crippen LogP contribution in [0.15, 0.2) is 66.2 Å². The molecule has 140 valence electrons. The number of hydrogen-bond donors (Lipinski definition) is 0. The molecule has 0 aromatic heterocycles. The minimum absolute atomic E-state index is 0.0444. The Labute approximate surface area is 159 Å². The molecule has 0 aliphatic heterocycles. The topological polar surface area (TPSA) is 52.6 Å². The molecule has 3 rings (SSSR count). The van der Waals surface area contributed by atoms with Crippen molar-refractivity contribution < 1.29 is 19.1 Å². The van der Waals surface area contributed by atoms with Gasteiger partial charge in [0, 0.05) is 0 Å². The summed E-state index contributed by atoms with van der Waals surface area (Å²) in [5, 5.41) is 0. The Kier molecular flexibility index (Phi) is 5.45. The van der Waals surface area contributed by atoms with Crippen molar-refractivity contribution in [2.75, 3.05) is 0 Å². The maximum absolute atomic E-state index is 12.5. The number of para-hydroxylation sites is 1. The third-order valence-electron chi connectivity index (χ3n) is 5.05. The summed E-state index contributed by atoms with van der Waals surface area (Å²) in [5.41, 5.74) is 1.33. The van der Waals surface area contributed by atoms with E-state index in [1.54, 1.807) is 6.92 Å². The molecule has 27 heavy (non-hydrogen) atoms. The van der Waals surface area contributed by atoms with Gasteiger partial charge in [-0.05, 0) is 53.7 Å². The van der Waals surface area contributed by atoms with Gasteiger partial charge in [-0.2, -0.15) is 0 Å². The number of carbonyl (C=O) groups excluding carboxylic acids is 2. The molecule has 1 saturated carbocycles. The fourth-order valence-corrected chi connectivity index (χ4v) is 3.33. The van der Waals surface area contributed by atoms with Gasteiger partial charge in [0.2, 0.25) is 0 Å². The standard InChI is InChI=1S/C23H24O4/c1-16(14-24)12-20-21(23(20,2)3)22(25)26-15-17-8-7-11-19(13-17)27-18-9-5-4-6-10-18/h4-14,20-21H,15H2,1-3H3/b16-12-. The van der Waals surface area contributed by atoms with Crippen LogP contribution in [-0.2, 0) is 20.9 Å². The van der Waals surface area contributed by atoms with Gasteiger partial charge in [0.1, 0.15) is 24.4 Å². The number of ether oxygens (including phenoxy) is 2. The fourth-order valence-electron chi connectivity index (χ4n) is 3.33. The predicted octanol–water partition coefficient (Wildman–Crippen LogP) is 4.94. The summed E-state index contributed by atoms with van der Waals surface area (Å²) in [6.07, 6.45) is 2.68. The third-order valence-corrected chi connectivity index (χ3v) is 5.05. The second-order valence-corrected chi connectivity index (χ2v) is 7.52. The van der Waals surface area contributed by atoms with Crippen LogP contribution in [-0.4, -0.2) is 12.3 Å². The molecule has 2 atom stereocenters. The van der Waals surface area contributed by atoms with Crippen LogP contribution in [0.25, 0.3) is 0 Å². The molecule has 0 saturated heterocycles. The minimum atomic E-state index is -0.227.